The Morgan fingerprint density at radius 3 is 2.95 bits per heavy atom. The molecule has 0 spiro atoms. The fraction of sp³-hybridized carbons (Fsp3) is 0.333. The number of rotatable bonds is 7. The van der Waals surface area contributed by atoms with Crippen molar-refractivity contribution in [3.8, 4) is 11.8 Å². The number of nitriles is 1. The van der Waals surface area contributed by atoms with E-state index in [0.29, 0.717) is 36.2 Å². The summed E-state index contributed by atoms with van der Waals surface area (Å²) < 4.78 is 5.67. The molecule has 1 aromatic rings. The van der Waals surface area contributed by atoms with E-state index in [9.17, 15) is 9.90 Å². The van der Waals surface area contributed by atoms with Crippen LogP contribution in [-0.4, -0.2) is 30.8 Å². The maximum atomic E-state index is 11.9. The first-order valence-corrected chi connectivity index (χ1v) is 7.34. The smallest absolute Gasteiger partial charge is 0.261 e. The second-order valence-electron chi connectivity index (χ2n) is 4.19. The molecule has 5 nitrogen and oxygen atoms in total. The molecule has 6 heteroatoms. The van der Waals surface area contributed by atoms with Crippen molar-refractivity contribution in [1.29, 1.82) is 5.26 Å². The monoisotopic (exact) mass is 352 g/mol. The minimum atomic E-state index is -0.418. The first kappa shape index (κ1) is 17.2. The van der Waals surface area contributed by atoms with E-state index < -0.39 is 5.91 Å². The Hall–Kier alpha value is -1.84. The molecule has 0 heterocycles. The summed E-state index contributed by atoms with van der Waals surface area (Å²) >= 11 is 3.18. The van der Waals surface area contributed by atoms with Crippen molar-refractivity contribution in [3.63, 3.8) is 0 Å². The minimum absolute atomic E-state index is 0.0176. The Bertz CT molecular complexity index is 565. The maximum Gasteiger partial charge on any atom is 0.261 e. The van der Waals surface area contributed by atoms with E-state index in [1.165, 1.54) is 12.1 Å². The first-order valence-electron chi connectivity index (χ1n) is 6.54. The third kappa shape index (κ3) is 5.98. The molecule has 21 heavy (non-hydrogen) atoms. The molecule has 1 amide bonds. The molecule has 0 unspecified atom stereocenters. The normalized spacial score (nSPS) is 11.0. The van der Waals surface area contributed by atoms with E-state index in [1.807, 2.05) is 13.0 Å². The molecule has 0 aromatic heterocycles. The summed E-state index contributed by atoms with van der Waals surface area (Å²) in [6.45, 7) is 3.59. The molecule has 0 aliphatic rings. The number of carbonyl (C=O) groups is 1. The molecule has 0 radical (unpaired) electrons. The van der Waals surface area contributed by atoms with Gasteiger partial charge in [-0.05, 0) is 53.0 Å². The highest BCUT2D eigenvalue weighted by molar-refractivity contribution is 9.10. The molecule has 0 saturated heterocycles. The van der Waals surface area contributed by atoms with Gasteiger partial charge in [0.05, 0.1) is 4.47 Å². The first-order chi connectivity index (χ1) is 10.1. The number of nitrogens with one attached hydrogen (secondary N) is 1. The molecule has 0 atom stereocenters. The van der Waals surface area contributed by atoms with Gasteiger partial charge in [0.25, 0.3) is 5.91 Å². The van der Waals surface area contributed by atoms with Gasteiger partial charge in [-0.15, -0.1) is 0 Å². The average molecular weight is 353 g/mol. The van der Waals surface area contributed by atoms with Crippen LogP contribution in [0.15, 0.2) is 28.2 Å². The maximum absolute atomic E-state index is 11.9. The van der Waals surface area contributed by atoms with Gasteiger partial charge in [-0.25, -0.2) is 0 Å². The molecule has 0 bridgehead atoms. The van der Waals surface area contributed by atoms with Gasteiger partial charge in [-0.2, -0.15) is 5.26 Å². The summed E-state index contributed by atoms with van der Waals surface area (Å²) in [5, 5.41) is 21.1. The quantitative estimate of drug-likeness (QED) is 0.449. The van der Waals surface area contributed by atoms with Gasteiger partial charge in [-0.1, -0.05) is 6.07 Å². The van der Waals surface area contributed by atoms with Gasteiger partial charge in [0, 0.05) is 19.8 Å². The fourth-order valence-corrected chi connectivity index (χ4v) is 1.94. The standard InChI is InChI=1S/C15H17BrN2O3/c1-2-21-7-3-6-18-15(20)12(10-17)8-11-4-5-14(19)13(16)9-11/h4-5,8-9,19H,2-3,6-7H2,1H3,(H,18,20)/b12-8-. The second kappa shape index (κ2) is 9.16. The number of halogens is 1. The van der Waals surface area contributed by atoms with Crippen molar-refractivity contribution in [3.05, 3.63) is 33.8 Å². The van der Waals surface area contributed by atoms with Crippen molar-refractivity contribution in [2.24, 2.45) is 0 Å². The Morgan fingerprint density at radius 1 is 1.57 bits per heavy atom. The van der Waals surface area contributed by atoms with E-state index in [2.05, 4.69) is 21.2 Å². The van der Waals surface area contributed by atoms with E-state index in [4.69, 9.17) is 10.00 Å². The number of aromatic hydroxyl groups is 1. The van der Waals surface area contributed by atoms with Gasteiger partial charge in [0.2, 0.25) is 0 Å². The lowest BCUT2D eigenvalue weighted by molar-refractivity contribution is -0.117. The Kier molecular flexibility index (Phi) is 7.51. The van der Waals surface area contributed by atoms with E-state index in [0.717, 1.165) is 0 Å². The molecule has 1 rings (SSSR count). The third-order valence-electron chi connectivity index (χ3n) is 2.60. The highest BCUT2D eigenvalue weighted by atomic mass is 79.9. The summed E-state index contributed by atoms with van der Waals surface area (Å²) in [7, 11) is 0. The summed E-state index contributed by atoms with van der Waals surface area (Å²) in [4.78, 5) is 11.9. The highest BCUT2D eigenvalue weighted by Gasteiger charge is 2.08. The average Bonchev–Trinajstić information content (AvgIpc) is 2.48. The molecular formula is C15H17BrN2O3. The fourth-order valence-electron chi connectivity index (χ4n) is 1.54. The SMILES string of the molecule is CCOCCCNC(=O)/C(C#N)=C\c1ccc(O)c(Br)c1. The van der Waals surface area contributed by atoms with Crippen LogP contribution in [0.4, 0.5) is 0 Å². The molecule has 112 valence electrons. The second-order valence-corrected chi connectivity index (χ2v) is 5.04. The van der Waals surface area contributed by atoms with E-state index >= 15 is 0 Å². The Labute approximate surface area is 132 Å². The van der Waals surface area contributed by atoms with Gasteiger partial charge < -0.3 is 15.2 Å². The number of hydrogen-bond acceptors (Lipinski definition) is 4. The predicted octanol–water partition coefficient (Wildman–Crippen LogP) is 2.60. The Morgan fingerprint density at radius 2 is 2.33 bits per heavy atom. The van der Waals surface area contributed by atoms with Crippen molar-refractivity contribution in [2.75, 3.05) is 19.8 Å². The third-order valence-corrected chi connectivity index (χ3v) is 3.24. The van der Waals surface area contributed by atoms with Gasteiger partial charge >= 0.3 is 0 Å². The van der Waals surface area contributed by atoms with Crippen molar-refractivity contribution in [2.45, 2.75) is 13.3 Å². The summed E-state index contributed by atoms with van der Waals surface area (Å²) in [6, 6.07) is 6.63. The van der Waals surface area contributed by atoms with E-state index in [1.54, 1.807) is 12.1 Å². The minimum Gasteiger partial charge on any atom is -0.507 e. The number of nitrogens with zero attached hydrogens (tertiary/aromatic N) is 1. The number of benzene rings is 1. The van der Waals surface area contributed by atoms with Crippen molar-refractivity contribution in [1.82, 2.24) is 5.32 Å². The van der Waals surface area contributed by atoms with Crippen LogP contribution in [0.25, 0.3) is 6.08 Å². The van der Waals surface area contributed by atoms with Crippen LogP contribution in [0.3, 0.4) is 0 Å². The number of phenolic OH excluding ortho intramolecular Hbond substituents is 1. The summed E-state index contributed by atoms with van der Waals surface area (Å²) in [6.07, 6.45) is 2.17. The van der Waals surface area contributed by atoms with Crippen LogP contribution < -0.4 is 5.32 Å². The van der Waals surface area contributed by atoms with Crippen LogP contribution in [0, 0.1) is 11.3 Å². The van der Waals surface area contributed by atoms with Crippen molar-refractivity contribution >= 4 is 27.9 Å². The van der Waals surface area contributed by atoms with Gasteiger partial charge in [-0.3, -0.25) is 4.79 Å². The van der Waals surface area contributed by atoms with E-state index in [-0.39, 0.29) is 11.3 Å². The number of hydrogen-bond donors (Lipinski definition) is 2. The Balaban J connectivity index is 2.64. The number of amides is 1. The topological polar surface area (TPSA) is 82.3 Å². The lowest BCUT2D eigenvalue weighted by Gasteiger charge is -2.05. The predicted molar refractivity (Wildman–Crippen MR) is 83.5 cm³/mol. The molecular weight excluding hydrogens is 336 g/mol. The van der Waals surface area contributed by atoms with Gasteiger partial charge in [0.15, 0.2) is 0 Å². The number of phenols is 1. The van der Waals surface area contributed by atoms with Crippen LogP contribution in [-0.2, 0) is 9.53 Å². The van der Waals surface area contributed by atoms with Gasteiger partial charge in [0.1, 0.15) is 17.4 Å². The summed E-state index contributed by atoms with van der Waals surface area (Å²) in [5.41, 5.74) is 0.671. The van der Waals surface area contributed by atoms with Crippen LogP contribution in [0.1, 0.15) is 18.9 Å². The number of carbonyl (C=O) groups excluding carboxylic acids is 1. The summed E-state index contributed by atoms with van der Waals surface area (Å²) in [5.74, 6) is -0.316. The van der Waals surface area contributed by atoms with Crippen LogP contribution in [0.2, 0.25) is 0 Å². The van der Waals surface area contributed by atoms with Crippen molar-refractivity contribution < 1.29 is 14.6 Å². The zero-order chi connectivity index (χ0) is 15.7. The molecule has 0 fully saturated rings. The highest BCUT2D eigenvalue weighted by Crippen LogP contribution is 2.25. The lowest BCUT2D eigenvalue weighted by Crippen LogP contribution is -2.26. The molecule has 2 N–H and O–H groups in total. The largest absolute Gasteiger partial charge is 0.507 e. The molecule has 0 aliphatic heterocycles. The zero-order valence-corrected chi connectivity index (χ0v) is 13.3. The molecule has 1 aromatic carbocycles. The molecule has 0 aliphatic carbocycles. The lowest BCUT2D eigenvalue weighted by atomic mass is 10.1. The zero-order valence-electron chi connectivity index (χ0n) is 11.7. The molecule has 0 saturated carbocycles. The number of ether oxygens (including phenoxy) is 1. The van der Waals surface area contributed by atoms with Crippen LogP contribution >= 0.6 is 15.9 Å². The van der Waals surface area contributed by atoms with Crippen LogP contribution in [0.5, 0.6) is 5.75 Å².